The molecule has 0 saturated heterocycles. The average Bonchev–Trinajstić information content (AvgIpc) is 2.29. The van der Waals surface area contributed by atoms with E-state index in [-0.39, 0.29) is 5.92 Å². The predicted molar refractivity (Wildman–Crippen MR) is 57.6 cm³/mol. The lowest BCUT2D eigenvalue weighted by Gasteiger charge is -2.05. The molecule has 0 aliphatic carbocycles. The number of nitrogens with zero attached hydrogens (tertiary/aromatic N) is 2. The van der Waals surface area contributed by atoms with Crippen LogP contribution in [0.2, 0.25) is 0 Å². The lowest BCUT2D eigenvalue weighted by atomic mass is 10.1. The molecule has 1 atom stereocenters. The minimum atomic E-state index is 0.0309. The third kappa shape index (κ3) is 3.81. The summed E-state index contributed by atoms with van der Waals surface area (Å²) in [6.07, 6.45) is 0. The second-order valence-electron chi connectivity index (χ2n) is 3.47. The molecule has 1 rings (SSSR count). The van der Waals surface area contributed by atoms with Crippen LogP contribution in [0, 0.1) is 28.6 Å². The Morgan fingerprint density at radius 1 is 1.27 bits per heavy atom. The maximum atomic E-state index is 8.61. The minimum absolute atomic E-state index is 0.0309. The van der Waals surface area contributed by atoms with Gasteiger partial charge in [-0.3, -0.25) is 0 Å². The molecular formula is C12H13N3. The Morgan fingerprint density at radius 3 is 2.47 bits per heavy atom. The quantitative estimate of drug-likeness (QED) is 0.804. The standard InChI is InChI=1S/C12H13N3/c1-10(6-13)8-15-9-12-4-2-11(7-14)3-5-12/h2-5,10,15H,8-9H2,1H3. The fourth-order valence-electron chi connectivity index (χ4n) is 1.18. The van der Waals surface area contributed by atoms with Crippen molar-refractivity contribution in [1.82, 2.24) is 5.32 Å². The predicted octanol–water partition coefficient (Wildman–Crippen LogP) is 1.81. The number of benzene rings is 1. The first-order valence-corrected chi connectivity index (χ1v) is 4.85. The summed E-state index contributed by atoms with van der Waals surface area (Å²) < 4.78 is 0. The summed E-state index contributed by atoms with van der Waals surface area (Å²) in [7, 11) is 0. The first kappa shape index (κ1) is 11.2. The zero-order chi connectivity index (χ0) is 11.1. The summed E-state index contributed by atoms with van der Waals surface area (Å²) >= 11 is 0. The normalized spacial score (nSPS) is 11.4. The van der Waals surface area contributed by atoms with Crippen LogP contribution in [0.3, 0.4) is 0 Å². The lowest BCUT2D eigenvalue weighted by molar-refractivity contribution is 0.601. The Morgan fingerprint density at radius 2 is 1.93 bits per heavy atom. The Kier molecular flexibility index (Phi) is 4.34. The Balaban J connectivity index is 2.39. The van der Waals surface area contributed by atoms with Gasteiger partial charge in [0.25, 0.3) is 0 Å². The van der Waals surface area contributed by atoms with Gasteiger partial charge in [0.05, 0.1) is 23.6 Å². The molecule has 0 spiro atoms. The summed E-state index contributed by atoms with van der Waals surface area (Å²) in [6.45, 7) is 3.31. The van der Waals surface area contributed by atoms with Crippen molar-refractivity contribution in [2.75, 3.05) is 6.54 Å². The zero-order valence-electron chi connectivity index (χ0n) is 8.70. The molecular weight excluding hydrogens is 186 g/mol. The molecule has 1 aromatic rings. The van der Waals surface area contributed by atoms with Gasteiger partial charge < -0.3 is 5.32 Å². The number of rotatable bonds is 4. The van der Waals surface area contributed by atoms with E-state index in [1.807, 2.05) is 19.1 Å². The van der Waals surface area contributed by atoms with Crippen LogP contribution < -0.4 is 5.32 Å². The zero-order valence-corrected chi connectivity index (χ0v) is 8.70. The lowest BCUT2D eigenvalue weighted by Crippen LogP contribution is -2.19. The van der Waals surface area contributed by atoms with Gasteiger partial charge in [0.15, 0.2) is 0 Å². The Labute approximate surface area is 90.0 Å². The molecule has 1 unspecified atom stereocenters. The first-order valence-electron chi connectivity index (χ1n) is 4.85. The van der Waals surface area contributed by atoms with Crippen molar-refractivity contribution >= 4 is 0 Å². The van der Waals surface area contributed by atoms with Crippen molar-refractivity contribution in [3.05, 3.63) is 35.4 Å². The number of nitrogens with one attached hydrogen (secondary N) is 1. The van der Waals surface area contributed by atoms with Crippen molar-refractivity contribution in [2.24, 2.45) is 5.92 Å². The number of hydrogen-bond acceptors (Lipinski definition) is 3. The molecule has 0 amide bonds. The van der Waals surface area contributed by atoms with Gasteiger partial charge in [-0.1, -0.05) is 12.1 Å². The largest absolute Gasteiger partial charge is 0.311 e. The monoisotopic (exact) mass is 199 g/mol. The molecule has 0 heterocycles. The summed E-state index contributed by atoms with van der Waals surface area (Å²) in [5, 5.41) is 20.4. The van der Waals surface area contributed by atoms with Crippen molar-refractivity contribution in [3.8, 4) is 12.1 Å². The van der Waals surface area contributed by atoms with Gasteiger partial charge in [-0.15, -0.1) is 0 Å². The molecule has 1 aromatic carbocycles. The van der Waals surface area contributed by atoms with Gasteiger partial charge in [0.2, 0.25) is 0 Å². The van der Waals surface area contributed by atoms with E-state index in [2.05, 4.69) is 17.5 Å². The molecule has 0 aliphatic rings. The van der Waals surface area contributed by atoms with Gasteiger partial charge in [-0.05, 0) is 24.6 Å². The molecule has 0 aromatic heterocycles. The molecule has 0 aliphatic heterocycles. The van der Waals surface area contributed by atoms with Crippen molar-refractivity contribution < 1.29 is 0 Å². The first-order chi connectivity index (χ1) is 7.26. The fraction of sp³-hybridized carbons (Fsp3) is 0.333. The van der Waals surface area contributed by atoms with E-state index in [9.17, 15) is 0 Å². The summed E-state index contributed by atoms with van der Waals surface area (Å²) in [6, 6.07) is 11.7. The third-order valence-electron chi connectivity index (χ3n) is 2.08. The molecule has 1 N–H and O–H groups in total. The molecule has 0 fully saturated rings. The van der Waals surface area contributed by atoms with Gasteiger partial charge in [-0.25, -0.2) is 0 Å². The third-order valence-corrected chi connectivity index (χ3v) is 2.08. The highest BCUT2D eigenvalue weighted by molar-refractivity contribution is 5.31. The van der Waals surface area contributed by atoms with E-state index in [0.29, 0.717) is 12.1 Å². The average molecular weight is 199 g/mol. The van der Waals surface area contributed by atoms with Gasteiger partial charge >= 0.3 is 0 Å². The molecule has 0 radical (unpaired) electrons. The summed E-state index contributed by atoms with van der Waals surface area (Å²) in [5.74, 6) is 0.0309. The van der Waals surface area contributed by atoms with E-state index in [0.717, 1.165) is 12.1 Å². The highest BCUT2D eigenvalue weighted by Crippen LogP contribution is 2.02. The number of hydrogen-bond donors (Lipinski definition) is 1. The Hall–Kier alpha value is -1.84. The van der Waals surface area contributed by atoms with Crippen molar-refractivity contribution in [2.45, 2.75) is 13.5 Å². The molecule has 15 heavy (non-hydrogen) atoms. The van der Waals surface area contributed by atoms with Crippen molar-refractivity contribution in [1.29, 1.82) is 10.5 Å². The van der Waals surface area contributed by atoms with Crippen molar-refractivity contribution in [3.63, 3.8) is 0 Å². The van der Waals surface area contributed by atoms with Gasteiger partial charge in [-0.2, -0.15) is 10.5 Å². The van der Waals surface area contributed by atoms with E-state index in [4.69, 9.17) is 10.5 Å². The minimum Gasteiger partial charge on any atom is -0.311 e. The molecule has 76 valence electrons. The molecule has 0 saturated carbocycles. The van der Waals surface area contributed by atoms with Crippen LogP contribution in [-0.2, 0) is 6.54 Å². The smallest absolute Gasteiger partial charge is 0.0991 e. The highest BCUT2D eigenvalue weighted by atomic mass is 14.8. The summed E-state index contributed by atoms with van der Waals surface area (Å²) in [4.78, 5) is 0. The Bertz CT molecular complexity index is 381. The van der Waals surface area contributed by atoms with Crippen LogP contribution in [0.15, 0.2) is 24.3 Å². The second kappa shape index (κ2) is 5.80. The second-order valence-corrected chi connectivity index (χ2v) is 3.47. The van der Waals surface area contributed by atoms with Crippen LogP contribution in [0.5, 0.6) is 0 Å². The SMILES string of the molecule is CC(C#N)CNCc1ccc(C#N)cc1. The van der Waals surface area contributed by atoms with Crippen LogP contribution in [-0.4, -0.2) is 6.54 Å². The fourth-order valence-corrected chi connectivity index (χ4v) is 1.18. The van der Waals surface area contributed by atoms with Gasteiger partial charge in [0, 0.05) is 13.1 Å². The van der Waals surface area contributed by atoms with Crippen LogP contribution >= 0.6 is 0 Å². The van der Waals surface area contributed by atoms with Crippen LogP contribution in [0.25, 0.3) is 0 Å². The van der Waals surface area contributed by atoms with E-state index < -0.39 is 0 Å². The maximum absolute atomic E-state index is 8.61. The van der Waals surface area contributed by atoms with Crippen LogP contribution in [0.4, 0.5) is 0 Å². The number of nitriles is 2. The van der Waals surface area contributed by atoms with E-state index >= 15 is 0 Å². The summed E-state index contributed by atoms with van der Waals surface area (Å²) in [5.41, 5.74) is 1.79. The molecule has 3 heteroatoms. The topological polar surface area (TPSA) is 59.6 Å². The molecule has 3 nitrogen and oxygen atoms in total. The molecule has 0 bridgehead atoms. The van der Waals surface area contributed by atoms with Gasteiger partial charge in [0.1, 0.15) is 0 Å². The van der Waals surface area contributed by atoms with E-state index in [1.165, 1.54) is 0 Å². The maximum Gasteiger partial charge on any atom is 0.0991 e. The van der Waals surface area contributed by atoms with Crippen LogP contribution in [0.1, 0.15) is 18.1 Å². The van der Waals surface area contributed by atoms with E-state index in [1.54, 1.807) is 12.1 Å². The highest BCUT2D eigenvalue weighted by Gasteiger charge is 1.98.